The topological polar surface area (TPSA) is 6.48 Å². The van der Waals surface area contributed by atoms with E-state index in [1.165, 1.54) is 154 Å². The van der Waals surface area contributed by atoms with Gasteiger partial charge in [0.05, 0.1) is 5.69 Å². The summed E-state index contributed by atoms with van der Waals surface area (Å²) in [6.45, 7) is 39.3. The van der Waals surface area contributed by atoms with E-state index in [1.807, 2.05) is 0 Å². The highest BCUT2D eigenvalue weighted by Gasteiger charge is 2.49. The number of benzene rings is 6. The van der Waals surface area contributed by atoms with E-state index in [4.69, 9.17) is 0 Å². The van der Waals surface area contributed by atoms with Crippen molar-refractivity contribution in [3.8, 4) is 11.1 Å². The lowest BCUT2D eigenvalue weighted by Crippen LogP contribution is -2.61. The van der Waals surface area contributed by atoms with Crippen molar-refractivity contribution < 1.29 is 0 Å². The zero-order valence-electron chi connectivity index (χ0n) is 45.9. The van der Waals surface area contributed by atoms with Gasteiger partial charge in [-0.15, -0.1) is 11.3 Å². The lowest BCUT2D eigenvalue weighted by molar-refractivity contribution is 0.332. The summed E-state index contributed by atoms with van der Waals surface area (Å²) < 4.78 is 2.89. The van der Waals surface area contributed by atoms with E-state index in [0.717, 1.165) is 0 Å². The van der Waals surface area contributed by atoms with Crippen molar-refractivity contribution in [2.75, 3.05) is 9.80 Å². The SMILES string of the molecule is Cc1cc(C(C)(C)C)ccc1N1c2cc3c(cc2B2c4sc5cc6c(cc5c4N(c4ccc5c(c4)C(C)(C)CCC5(C)C)c4cc(-c5ccccc5)cc1c42)C(C)(C)CCC6(C)C)C(C)(C)CCC3(C)C. The van der Waals surface area contributed by atoms with Crippen LogP contribution in [0.25, 0.3) is 21.2 Å². The predicted molar refractivity (Wildman–Crippen MR) is 311 cm³/mol. The highest BCUT2D eigenvalue weighted by atomic mass is 32.1. The number of thiophene rings is 1. The van der Waals surface area contributed by atoms with Crippen LogP contribution >= 0.6 is 11.3 Å². The Kier molecular flexibility index (Phi) is 9.94. The fraction of sp³-hybridized carbons (Fsp3) is 0.433. The number of aryl methyl sites for hydroxylation is 1. The largest absolute Gasteiger partial charge is 0.311 e. The first kappa shape index (κ1) is 47.0. The summed E-state index contributed by atoms with van der Waals surface area (Å²) in [5.41, 5.74) is 25.5. The second kappa shape index (κ2) is 15.0. The summed E-state index contributed by atoms with van der Waals surface area (Å²) in [4.78, 5) is 5.49. The molecule has 4 heteroatoms. The average molecular weight is 953 g/mol. The van der Waals surface area contributed by atoms with Gasteiger partial charge in [0.2, 0.25) is 0 Å². The standard InChI is InChI=1S/C67H77BN2S/c1-40-32-43(61(2,3)4)22-25-53(40)70-54-38-50-49(65(11,12)29-30-66(50,13)14)37-52(54)68-58-55(33-42(34-56(58)70)41-20-18-17-19-21-41)69(44-23-24-46-47(35-44)63(7,8)27-26-62(46,5)6)59-45-36-48-51(39-57(45)71-60(59)68)67(15,16)31-28-64(48,9)10/h17-25,32-39H,26-31H2,1-16H3. The van der Waals surface area contributed by atoms with Crippen LogP contribution in [0.15, 0.2) is 103 Å². The minimum atomic E-state index is 0.0373. The second-order valence-corrected chi connectivity index (χ2v) is 28.9. The molecular weight excluding hydrogens is 876 g/mol. The van der Waals surface area contributed by atoms with Crippen LogP contribution in [0.4, 0.5) is 34.1 Å². The van der Waals surface area contributed by atoms with Gasteiger partial charge in [0, 0.05) is 43.3 Å². The smallest absolute Gasteiger partial charge is 0.264 e. The molecule has 0 bridgehead atoms. The molecule has 0 spiro atoms. The van der Waals surface area contributed by atoms with Crippen molar-refractivity contribution in [2.24, 2.45) is 0 Å². The lowest BCUT2D eigenvalue weighted by Gasteiger charge is -2.47. The molecule has 0 atom stereocenters. The number of hydrogen-bond acceptors (Lipinski definition) is 3. The van der Waals surface area contributed by atoms with E-state index in [9.17, 15) is 0 Å². The van der Waals surface area contributed by atoms with Crippen molar-refractivity contribution in [3.05, 3.63) is 148 Å². The molecule has 5 aliphatic rings. The average Bonchev–Trinajstić information content (AvgIpc) is 3.68. The predicted octanol–water partition coefficient (Wildman–Crippen LogP) is 17.3. The van der Waals surface area contributed by atoms with Crippen molar-refractivity contribution in [1.29, 1.82) is 0 Å². The molecule has 0 saturated heterocycles. The first-order valence-corrected chi connectivity index (χ1v) is 27.9. The molecule has 2 nitrogen and oxygen atoms in total. The Morgan fingerprint density at radius 3 is 1.56 bits per heavy atom. The number of anilines is 6. The third-order valence-electron chi connectivity index (χ3n) is 19.1. The molecule has 71 heavy (non-hydrogen) atoms. The van der Waals surface area contributed by atoms with Gasteiger partial charge in [-0.2, -0.15) is 0 Å². The van der Waals surface area contributed by atoms with Gasteiger partial charge in [0.15, 0.2) is 0 Å². The normalized spacial score (nSPS) is 20.4. The molecule has 6 aromatic carbocycles. The summed E-state index contributed by atoms with van der Waals surface area (Å²) in [6, 6.07) is 42.1. The minimum Gasteiger partial charge on any atom is -0.311 e. The van der Waals surface area contributed by atoms with E-state index < -0.39 is 0 Å². The summed E-state index contributed by atoms with van der Waals surface area (Å²) in [7, 11) is 0. The van der Waals surface area contributed by atoms with Crippen LogP contribution in [0.2, 0.25) is 0 Å². The van der Waals surface area contributed by atoms with Gasteiger partial charge in [-0.3, -0.25) is 0 Å². The van der Waals surface area contributed by atoms with E-state index in [1.54, 1.807) is 0 Å². The van der Waals surface area contributed by atoms with Gasteiger partial charge < -0.3 is 9.80 Å². The summed E-state index contributed by atoms with van der Waals surface area (Å²) >= 11 is 2.08. The maximum Gasteiger partial charge on any atom is 0.264 e. The number of hydrogen-bond donors (Lipinski definition) is 0. The molecule has 3 heterocycles. The third-order valence-corrected chi connectivity index (χ3v) is 20.3. The Labute approximate surface area is 431 Å². The van der Waals surface area contributed by atoms with Crippen molar-refractivity contribution in [3.63, 3.8) is 0 Å². The van der Waals surface area contributed by atoms with Gasteiger partial charge >= 0.3 is 0 Å². The molecule has 0 radical (unpaired) electrons. The van der Waals surface area contributed by atoms with Crippen molar-refractivity contribution in [1.82, 2.24) is 0 Å². The quantitative estimate of drug-likeness (QED) is 0.163. The van der Waals surface area contributed by atoms with Crippen LogP contribution in [0.5, 0.6) is 0 Å². The van der Waals surface area contributed by atoms with Crippen LogP contribution in [0.1, 0.15) is 187 Å². The third kappa shape index (κ3) is 6.98. The van der Waals surface area contributed by atoms with Crippen LogP contribution in [0.3, 0.4) is 0 Å². The van der Waals surface area contributed by atoms with Gasteiger partial charge in [-0.1, -0.05) is 158 Å². The number of nitrogens with zero attached hydrogens (tertiary/aromatic N) is 2. The Morgan fingerprint density at radius 2 is 0.986 bits per heavy atom. The van der Waals surface area contributed by atoms with Crippen LogP contribution in [-0.2, 0) is 37.9 Å². The fourth-order valence-electron chi connectivity index (χ4n) is 14.0. The molecule has 0 amide bonds. The van der Waals surface area contributed by atoms with Crippen LogP contribution in [0, 0.1) is 6.92 Å². The molecule has 364 valence electrons. The maximum atomic E-state index is 2.77. The second-order valence-electron chi connectivity index (χ2n) is 27.8. The zero-order chi connectivity index (χ0) is 50.3. The molecule has 2 aliphatic heterocycles. The molecule has 0 unspecified atom stereocenters. The molecule has 0 fully saturated rings. The molecule has 0 saturated carbocycles. The molecule has 12 rings (SSSR count). The molecule has 0 N–H and O–H groups in total. The summed E-state index contributed by atoms with van der Waals surface area (Å²) in [5.74, 6) is 0. The van der Waals surface area contributed by atoms with Crippen LogP contribution in [-0.4, -0.2) is 6.71 Å². The van der Waals surface area contributed by atoms with Crippen molar-refractivity contribution >= 4 is 78.0 Å². The fourth-order valence-corrected chi connectivity index (χ4v) is 15.4. The Morgan fingerprint density at radius 1 is 0.465 bits per heavy atom. The van der Waals surface area contributed by atoms with E-state index in [-0.39, 0.29) is 44.6 Å². The van der Waals surface area contributed by atoms with Crippen LogP contribution < -0.4 is 25.5 Å². The summed E-state index contributed by atoms with van der Waals surface area (Å²) in [6.07, 6.45) is 7.13. The highest BCUT2D eigenvalue weighted by Crippen LogP contribution is 2.56. The molecular formula is C67H77BN2S. The molecule has 7 aromatic rings. The highest BCUT2D eigenvalue weighted by molar-refractivity contribution is 7.33. The van der Waals surface area contributed by atoms with E-state index in [2.05, 4.69) is 235 Å². The number of rotatable bonds is 3. The molecule has 3 aliphatic carbocycles. The van der Waals surface area contributed by atoms with Crippen molar-refractivity contribution in [2.45, 2.75) is 187 Å². The summed E-state index contributed by atoms with van der Waals surface area (Å²) in [5, 5.41) is 1.40. The zero-order valence-corrected chi connectivity index (χ0v) is 46.8. The first-order valence-electron chi connectivity index (χ1n) is 27.1. The van der Waals surface area contributed by atoms with Gasteiger partial charge in [0.1, 0.15) is 0 Å². The Bertz CT molecular complexity index is 3390. The Hall–Kier alpha value is -5.06. The minimum absolute atomic E-state index is 0.0373. The lowest BCUT2D eigenvalue weighted by atomic mass is 9.35. The first-order chi connectivity index (χ1) is 33.2. The van der Waals surface area contributed by atoms with Gasteiger partial charge in [0.25, 0.3) is 6.71 Å². The Balaban J connectivity index is 1.26. The monoisotopic (exact) mass is 953 g/mol. The van der Waals surface area contributed by atoms with Gasteiger partial charge in [-0.05, 0) is 198 Å². The number of fused-ring (bicyclic) bond motifs is 9. The maximum absolute atomic E-state index is 2.77. The molecule has 1 aromatic heterocycles. The van der Waals surface area contributed by atoms with E-state index >= 15 is 0 Å². The van der Waals surface area contributed by atoms with Gasteiger partial charge in [-0.25, -0.2) is 0 Å². The van der Waals surface area contributed by atoms with E-state index in [0.29, 0.717) is 0 Å².